The summed E-state index contributed by atoms with van der Waals surface area (Å²) >= 11 is 0. The van der Waals surface area contributed by atoms with E-state index in [1.165, 1.54) is 11.1 Å². The van der Waals surface area contributed by atoms with Gasteiger partial charge >= 0.3 is 12.0 Å². The van der Waals surface area contributed by atoms with Crippen molar-refractivity contribution in [2.24, 2.45) is 0 Å². The summed E-state index contributed by atoms with van der Waals surface area (Å²) in [5, 5.41) is 2.79. The highest BCUT2D eigenvalue weighted by atomic mass is 16.6. The Morgan fingerprint density at radius 2 is 2.13 bits per heavy atom. The zero-order valence-corrected chi connectivity index (χ0v) is 13.1. The molecule has 1 saturated heterocycles. The van der Waals surface area contributed by atoms with Crippen LogP contribution in [-0.2, 0) is 27.2 Å². The summed E-state index contributed by atoms with van der Waals surface area (Å²) in [5.41, 5.74) is 2.49. The summed E-state index contributed by atoms with van der Waals surface area (Å²) in [6.07, 6.45) is 1.68. The second-order valence-electron chi connectivity index (χ2n) is 5.90. The molecule has 1 aromatic carbocycles. The predicted molar refractivity (Wildman–Crippen MR) is 83.9 cm³/mol. The Balaban J connectivity index is 1.39. The number of nitrogens with one attached hydrogen (secondary N) is 1. The fourth-order valence-electron chi connectivity index (χ4n) is 2.90. The fraction of sp³-hybridized carbons (Fsp3) is 0.529. The molecule has 23 heavy (non-hydrogen) atoms. The van der Waals surface area contributed by atoms with Crippen LogP contribution in [0.4, 0.5) is 4.79 Å². The Morgan fingerprint density at radius 3 is 2.91 bits per heavy atom. The van der Waals surface area contributed by atoms with Crippen molar-refractivity contribution in [1.82, 2.24) is 10.2 Å². The molecule has 124 valence electrons. The molecule has 0 radical (unpaired) electrons. The first-order valence-corrected chi connectivity index (χ1v) is 8.09. The van der Waals surface area contributed by atoms with Crippen molar-refractivity contribution in [1.29, 1.82) is 0 Å². The number of carbonyl (C=O) groups excluding carboxylic acids is 2. The normalized spacial score (nSPS) is 20.0. The van der Waals surface area contributed by atoms with Crippen molar-refractivity contribution in [3.8, 4) is 0 Å². The molecule has 1 aromatic rings. The van der Waals surface area contributed by atoms with E-state index >= 15 is 0 Å². The lowest BCUT2D eigenvalue weighted by Crippen LogP contribution is -2.43. The summed E-state index contributed by atoms with van der Waals surface area (Å²) in [5.74, 6) is -0.287. The molecule has 0 aliphatic carbocycles. The van der Waals surface area contributed by atoms with E-state index in [0.717, 1.165) is 12.8 Å². The van der Waals surface area contributed by atoms with E-state index in [1.807, 2.05) is 12.1 Å². The number of hydrogen-bond acceptors (Lipinski definition) is 4. The molecule has 2 heterocycles. The fourth-order valence-corrected chi connectivity index (χ4v) is 2.90. The zero-order chi connectivity index (χ0) is 16.1. The second kappa shape index (κ2) is 7.46. The van der Waals surface area contributed by atoms with Gasteiger partial charge in [0.25, 0.3) is 0 Å². The molecule has 2 amide bonds. The van der Waals surface area contributed by atoms with Gasteiger partial charge in [-0.2, -0.15) is 0 Å². The molecule has 1 N–H and O–H groups in total. The van der Waals surface area contributed by atoms with Crippen LogP contribution in [0, 0.1) is 0 Å². The van der Waals surface area contributed by atoms with Gasteiger partial charge in [-0.15, -0.1) is 0 Å². The van der Waals surface area contributed by atoms with Crippen molar-refractivity contribution in [2.45, 2.75) is 31.9 Å². The number of urea groups is 1. The Hall–Kier alpha value is -2.08. The van der Waals surface area contributed by atoms with E-state index < -0.39 is 0 Å². The summed E-state index contributed by atoms with van der Waals surface area (Å²) in [4.78, 5) is 25.6. The number of carbonyl (C=O) groups is 2. The Bertz CT molecular complexity index is 569. The highest BCUT2D eigenvalue weighted by Gasteiger charge is 2.21. The number of rotatable bonds is 4. The third-order valence-electron chi connectivity index (χ3n) is 4.21. The Kier molecular flexibility index (Phi) is 5.12. The first-order chi connectivity index (χ1) is 11.2. The van der Waals surface area contributed by atoms with Gasteiger partial charge in [0.05, 0.1) is 19.6 Å². The maximum Gasteiger partial charge on any atom is 0.317 e. The van der Waals surface area contributed by atoms with E-state index in [1.54, 1.807) is 4.90 Å². The van der Waals surface area contributed by atoms with Gasteiger partial charge in [-0.25, -0.2) is 4.79 Å². The predicted octanol–water partition coefficient (Wildman–Crippen LogP) is 1.48. The van der Waals surface area contributed by atoms with Gasteiger partial charge in [-0.1, -0.05) is 24.3 Å². The third kappa shape index (κ3) is 4.22. The molecule has 0 bridgehead atoms. The SMILES string of the molecule is O=C(CCNC(=O)N1CCc2ccccc2C1)OC1CCOC1. The summed E-state index contributed by atoms with van der Waals surface area (Å²) in [7, 11) is 0. The van der Waals surface area contributed by atoms with Crippen LogP contribution in [0.5, 0.6) is 0 Å². The number of benzene rings is 1. The van der Waals surface area contributed by atoms with E-state index in [9.17, 15) is 9.59 Å². The molecule has 1 fully saturated rings. The number of fused-ring (bicyclic) bond motifs is 1. The van der Waals surface area contributed by atoms with Crippen molar-refractivity contribution >= 4 is 12.0 Å². The minimum atomic E-state index is -0.287. The average molecular weight is 318 g/mol. The van der Waals surface area contributed by atoms with Crippen LogP contribution >= 0.6 is 0 Å². The van der Waals surface area contributed by atoms with Gasteiger partial charge in [0.15, 0.2) is 0 Å². The molecule has 0 aromatic heterocycles. The van der Waals surface area contributed by atoms with Gasteiger partial charge in [0.2, 0.25) is 0 Å². The molecule has 1 atom stereocenters. The van der Waals surface area contributed by atoms with Crippen LogP contribution in [0.3, 0.4) is 0 Å². The maximum absolute atomic E-state index is 12.2. The minimum Gasteiger partial charge on any atom is -0.460 e. The average Bonchev–Trinajstić information content (AvgIpc) is 3.07. The molecule has 3 rings (SSSR count). The molecular weight excluding hydrogens is 296 g/mol. The van der Waals surface area contributed by atoms with E-state index in [-0.39, 0.29) is 24.5 Å². The Morgan fingerprint density at radius 1 is 1.30 bits per heavy atom. The van der Waals surface area contributed by atoms with Gasteiger partial charge < -0.3 is 19.7 Å². The quantitative estimate of drug-likeness (QED) is 0.854. The molecule has 0 saturated carbocycles. The largest absolute Gasteiger partial charge is 0.460 e. The topological polar surface area (TPSA) is 67.9 Å². The molecule has 1 unspecified atom stereocenters. The maximum atomic E-state index is 12.2. The zero-order valence-electron chi connectivity index (χ0n) is 13.1. The first-order valence-electron chi connectivity index (χ1n) is 8.09. The lowest BCUT2D eigenvalue weighted by atomic mass is 10.0. The second-order valence-corrected chi connectivity index (χ2v) is 5.90. The van der Waals surface area contributed by atoms with Gasteiger partial charge in [0, 0.05) is 26.1 Å². The van der Waals surface area contributed by atoms with Crippen molar-refractivity contribution in [2.75, 3.05) is 26.3 Å². The van der Waals surface area contributed by atoms with Crippen molar-refractivity contribution in [3.05, 3.63) is 35.4 Å². The standard InChI is InChI=1S/C17H22N2O4/c20-16(23-15-7-10-22-12-15)5-8-18-17(21)19-9-6-13-3-1-2-4-14(13)11-19/h1-4,15H,5-12H2,(H,18,21). The van der Waals surface area contributed by atoms with Crippen LogP contribution in [0.25, 0.3) is 0 Å². The smallest absolute Gasteiger partial charge is 0.317 e. The highest BCUT2D eigenvalue weighted by Crippen LogP contribution is 2.18. The number of nitrogens with zero attached hydrogens (tertiary/aromatic N) is 1. The van der Waals surface area contributed by atoms with Gasteiger partial charge in [-0.3, -0.25) is 4.79 Å². The van der Waals surface area contributed by atoms with Crippen LogP contribution in [0.1, 0.15) is 24.0 Å². The lowest BCUT2D eigenvalue weighted by Gasteiger charge is -2.28. The molecular formula is C17H22N2O4. The van der Waals surface area contributed by atoms with E-state index in [4.69, 9.17) is 9.47 Å². The molecule has 6 heteroatoms. The number of hydrogen-bond donors (Lipinski definition) is 1. The molecule has 2 aliphatic rings. The highest BCUT2D eigenvalue weighted by molar-refractivity contribution is 5.76. The van der Waals surface area contributed by atoms with Gasteiger partial charge in [-0.05, 0) is 17.5 Å². The molecule has 2 aliphatic heterocycles. The summed E-state index contributed by atoms with van der Waals surface area (Å²) in [6, 6.07) is 8.04. The lowest BCUT2D eigenvalue weighted by molar-refractivity contribution is -0.148. The van der Waals surface area contributed by atoms with E-state index in [0.29, 0.717) is 32.8 Å². The number of amides is 2. The van der Waals surface area contributed by atoms with Crippen LogP contribution in [0.2, 0.25) is 0 Å². The monoisotopic (exact) mass is 318 g/mol. The van der Waals surface area contributed by atoms with Gasteiger partial charge in [0.1, 0.15) is 6.10 Å². The van der Waals surface area contributed by atoms with Crippen LogP contribution in [-0.4, -0.2) is 49.3 Å². The number of esters is 1. The third-order valence-corrected chi connectivity index (χ3v) is 4.21. The first kappa shape index (κ1) is 15.8. The van der Waals surface area contributed by atoms with Crippen molar-refractivity contribution < 1.29 is 19.1 Å². The minimum absolute atomic E-state index is 0.128. The Labute approximate surface area is 135 Å². The molecule has 6 nitrogen and oxygen atoms in total. The number of ether oxygens (including phenoxy) is 2. The van der Waals surface area contributed by atoms with E-state index in [2.05, 4.69) is 17.4 Å². The summed E-state index contributed by atoms with van der Waals surface area (Å²) < 4.78 is 10.4. The molecule has 0 spiro atoms. The van der Waals surface area contributed by atoms with Crippen LogP contribution in [0.15, 0.2) is 24.3 Å². The van der Waals surface area contributed by atoms with Crippen LogP contribution < -0.4 is 5.32 Å². The summed E-state index contributed by atoms with van der Waals surface area (Å²) in [6.45, 7) is 2.73. The van der Waals surface area contributed by atoms with Crippen molar-refractivity contribution in [3.63, 3.8) is 0 Å².